The summed E-state index contributed by atoms with van der Waals surface area (Å²) in [6.07, 6.45) is 1.56. The number of ether oxygens (including phenoxy) is 3. The van der Waals surface area contributed by atoms with Crippen LogP contribution in [0.15, 0.2) is 36.5 Å². The third-order valence-electron chi connectivity index (χ3n) is 6.44. The smallest absolute Gasteiger partial charge is 0.165 e. The van der Waals surface area contributed by atoms with Crippen molar-refractivity contribution in [3.05, 3.63) is 41.6 Å². The molecule has 1 aliphatic heterocycles. The second-order valence-electron chi connectivity index (χ2n) is 9.34. The van der Waals surface area contributed by atoms with E-state index in [9.17, 15) is 0 Å². The Labute approximate surface area is 229 Å². The molecule has 0 spiro atoms. The van der Waals surface area contributed by atoms with Crippen LogP contribution < -0.4 is 30.3 Å². The lowest BCUT2D eigenvalue weighted by atomic mass is 10.1. The first-order valence-electron chi connectivity index (χ1n) is 12.4. The molecule has 0 bridgehead atoms. The van der Waals surface area contributed by atoms with Crippen LogP contribution in [-0.4, -0.2) is 89.6 Å². The van der Waals surface area contributed by atoms with E-state index in [-0.39, 0.29) is 0 Å². The fraction of sp³-hybridized carbons (Fsp3) is 0.407. The summed E-state index contributed by atoms with van der Waals surface area (Å²) in [5.74, 6) is 2.18. The van der Waals surface area contributed by atoms with Crippen molar-refractivity contribution < 1.29 is 14.2 Å². The van der Waals surface area contributed by atoms with Crippen LogP contribution in [0.3, 0.4) is 0 Å². The van der Waals surface area contributed by atoms with Crippen molar-refractivity contribution in [2.75, 3.05) is 95.6 Å². The van der Waals surface area contributed by atoms with E-state index < -0.39 is 0 Å². The summed E-state index contributed by atoms with van der Waals surface area (Å²) < 4.78 is 16.9. The number of morpholine rings is 1. The largest absolute Gasteiger partial charge is 0.496 e. The maximum atomic E-state index is 6.50. The summed E-state index contributed by atoms with van der Waals surface area (Å²) in [5, 5.41) is 3.68. The average molecular weight is 542 g/mol. The predicted molar refractivity (Wildman–Crippen MR) is 155 cm³/mol. The van der Waals surface area contributed by atoms with Crippen LogP contribution >= 0.6 is 11.6 Å². The van der Waals surface area contributed by atoms with Crippen molar-refractivity contribution in [1.82, 2.24) is 14.9 Å². The second kappa shape index (κ2) is 12.4. The molecule has 2 aromatic carbocycles. The van der Waals surface area contributed by atoms with Crippen LogP contribution in [0.25, 0.3) is 11.4 Å². The molecule has 11 heteroatoms. The van der Waals surface area contributed by atoms with Crippen LogP contribution in [-0.2, 0) is 4.74 Å². The van der Waals surface area contributed by atoms with Gasteiger partial charge in [0.05, 0.1) is 56.3 Å². The number of hydrogen-bond donors (Lipinski definition) is 2. The number of methoxy groups -OCH3 is 2. The van der Waals surface area contributed by atoms with Gasteiger partial charge in [0.2, 0.25) is 0 Å². The van der Waals surface area contributed by atoms with Gasteiger partial charge in [0.15, 0.2) is 11.6 Å². The molecule has 0 unspecified atom stereocenters. The maximum absolute atomic E-state index is 6.50. The quantitative estimate of drug-likeness (QED) is 0.366. The third-order valence-corrected chi connectivity index (χ3v) is 6.72. The molecule has 3 aromatic rings. The number of rotatable bonds is 10. The summed E-state index contributed by atoms with van der Waals surface area (Å²) in [6, 6.07) is 9.75. The molecule has 0 saturated carbocycles. The minimum atomic E-state index is 0.375. The lowest BCUT2D eigenvalue weighted by Gasteiger charge is -2.29. The highest BCUT2D eigenvalue weighted by Crippen LogP contribution is 2.38. The van der Waals surface area contributed by atoms with E-state index in [0.29, 0.717) is 52.6 Å². The van der Waals surface area contributed by atoms with Crippen LogP contribution in [0.4, 0.5) is 28.6 Å². The number of benzene rings is 2. The van der Waals surface area contributed by atoms with Crippen LogP contribution in [0.2, 0.25) is 5.02 Å². The topological polar surface area (TPSA) is 101 Å². The molecule has 0 amide bonds. The highest BCUT2D eigenvalue weighted by atomic mass is 35.5. The van der Waals surface area contributed by atoms with Gasteiger partial charge in [-0.2, -0.15) is 0 Å². The van der Waals surface area contributed by atoms with Crippen molar-refractivity contribution in [2.24, 2.45) is 0 Å². The highest BCUT2D eigenvalue weighted by molar-refractivity contribution is 6.33. The Morgan fingerprint density at radius 1 is 1.05 bits per heavy atom. The van der Waals surface area contributed by atoms with Gasteiger partial charge in [-0.25, -0.2) is 9.97 Å². The molecular formula is C27H36ClN7O3. The Bertz CT molecular complexity index is 1250. The number of likely N-dealkylation sites (N-methyl/N-ethyl adjacent to an activating group) is 2. The number of nitrogens with two attached hydrogens (primary N) is 1. The van der Waals surface area contributed by atoms with E-state index in [2.05, 4.69) is 25.0 Å². The first-order chi connectivity index (χ1) is 18.3. The number of nitrogens with one attached hydrogen (secondary N) is 1. The summed E-state index contributed by atoms with van der Waals surface area (Å²) in [6.45, 7) is 4.81. The van der Waals surface area contributed by atoms with E-state index >= 15 is 0 Å². The molecule has 204 valence electrons. The van der Waals surface area contributed by atoms with E-state index in [1.165, 1.54) is 0 Å². The average Bonchev–Trinajstić information content (AvgIpc) is 2.93. The number of halogens is 1. The van der Waals surface area contributed by atoms with E-state index in [1.54, 1.807) is 20.4 Å². The van der Waals surface area contributed by atoms with Gasteiger partial charge in [0.1, 0.15) is 16.5 Å². The van der Waals surface area contributed by atoms with Crippen molar-refractivity contribution >= 4 is 40.2 Å². The Morgan fingerprint density at radius 2 is 1.79 bits per heavy atom. The second-order valence-corrected chi connectivity index (χ2v) is 9.74. The molecule has 0 aliphatic carbocycles. The molecule has 10 nitrogen and oxygen atoms in total. The molecule has 1 fully saturated rings. The van der Waals surface area contributed by atoms with Crippen molar-refractivity contribution in [3.63, 3.8) is 0 Å². The van der Waals surface area contributed by atoms with Crippen molar-refractivity contribution in [1.29, 1.82) is 0 Å². The fourth-order valence-electron chi connectivity index (χ4n) is 4.24. The molecule has 2 heterocycles. The molecule has 0 radical (unpaired) electrons. The SMILES string of the molecule is COc1cc(N2CCOCC2)ccc1Nc1nc(-c2cc(N)c(N(C)CCN(C)C)cc2OC)ncc1Cl. The van der Waals surface area contributed by atoms with Crippen molar-refractivity contribution in [2.45, 2.75) is 0 Å². The summed E-state index contributed by atoms with van der Waals surface area (Å²) in [5.41, 5.74) is 10.4. The van der Waals surface area contributed by atoms with E-state index in [1.807, 2.05) is 51.5 Å². The van der Waals surface area contributed by atoms with Gasteiger partial charge >= 0.3 is 0 Å². The molecular weight excluding hydrogens is 506 g/mol. The molecule has 4 rings (SSSR count). The number of hydrogen-bond acceptors (Lipinski definition) is 10. The number of anilines is 5. The van der Waals surface area contributed by atoms with E-state index in [0.717, 1.165) is 43.2 Å². The predicted octanol–water partition coefficient (Wildman–Crippen LogP) is 3.97. The number of nitrogen functional groups attached to an aromatic ring is 1. The van der Waals surface area contributed by atoms with Gasteiger partial charge in [-0.3, -0.25) is 0 Å². The fourth-order valence-corrected chi connectivity index (χ4v) is 4.38. The Kier molecular flexibility index (Phi) is 8.98. The summed E-state index contributed by atoms with van der Waals surface area (Å²) >= 11 is 6.50. The van der Waals surface area contributed by atoms with Crippen molar-refractivity contribution in [3.8, 4) is 22.9 Å². The van der Waals surface area contributed by atoms with Gasteiger partial charge in [-0.1, -0.05) is 11.6 Å². The lowest BCUT2D eigenvalue weighted by Crippen LogP contribution is -2.36. The molecule has 3 N–H and O–H groups in total. The first kappa shape index (κ1) is 27.6. The Hall–Kier alpha value is -3.47. The Balaban J connectivity index is 1.62. The summed E-state index contributed by atoms with van der Waals surface area (Å²) in [4.78, 5) is 15.7. The zero-order valence-corrected chi connectivity index (χ0v) is 23.4. The first-order valence-corrected chi connectivity index (χ1v) is 12.8. The molecule has 1 aromatic heterocycles. The Morgan fingerprint density at radius 3 is 2.47 bits per heavy atom. The van der Waals surface area contributed by atoms with Crippen LogP contribution in [0.5, 0.6) is 11.5 Å². The van der Waals surface area contributed by atoms with Gasteiger partial charge in [0.25, 0.3) is 0 Å². The minimum absolute atomic E-state index is 0.375. The molecule has 1 aliphatic rings. The molecule has 38 heavy (non-hydrogen) atoms. The zero-order chi connectivity index (χ0) is 27.2. The summed E-state index contributed by atoms with van der Waals surface area (Å²) in [7, 11) is 9.35. The number of nitrogens with zero attached hydrogens (tertiary/aromatic N) is 5. The van der Waals surface area contributed by atoms with Crippen LogP contribution in [0, 0.1) is 0 Å². The lowest BCUT2D eigenvalue weighted by molar-refractivity contribution is 0.122. The normalized spacial score (nSPS) is 13.5. The third kappa shape index (κ3) is 6.32. The van der Waals surface area contributed by atoms with Gasteiger partial charge < -0.3 is 40.0 Å². The molecule has 0 atom stereocenters. The maximum Gasteiger partial charge on any atom is 0.165 e. The van der Waals surface area contributed by atoms with E-state index in [4.69, 9.17) is 36.5 Å². The standard InChI is InChI=1S/C27H36ClN7O3/c1-33(2)8-9-34(3)23-16-24(36-4)19(15-21(23)29)26-30-17-20(28)27(32-26)31-22-7-6-18(14-25(22)37-5)35-10-12-38-13-11-35/h6-7,14-17H,8-13,29H2,1-5H3,(H,30,31,32). The van der Waals surface area contributed by atoms with Gasteiger partial charge in [-0.05, 0) is 32.3 Å². The zero-order valence-electron chi connectivity index (χ0n) is 22.6. The monoisotopic (exact) mass is 541 g/mol. The number of aromatic nitrogens is 2. The van der Waals surface area contributed by atoms with Crippen LogP contribution in [0.1, 0.15) is 0 Å². The minimum Gasteiger partial charge on any atom is -0.496 e. The van der Waals surface area contributed by atoms with Gasteiger partial charge in [0, 0.05) is 51.0 Å². The highest BCUT2D eigenvalue weighted by Gasteiger charge is 2.18. The molecule has 1 saturated heterocycles. The van der Waals surface area contributed by atoms with Gasteiger partial charge in [-0.15, -0.1) is 0 Å².